The minimum Gasteiger partial charge on any atom is -0.493 e. The summed E-state index contributed by atoms with van der Waals surface area (Å²) >= 11 is 0. The van der Waals surface area contributed by atoms with Gasteiger partial charge in [0.05, 0.1) is 18.6 Å². The molecule has 1 atom stereocenters. The van der Waals surface area contributed by atoms with Crippen LogP contribution in [0.3, 0.4) is 0 Å². The second-order valence-electron chi connectivity index (χ2n) is 5.14. The van der Waals surface area contributed by atoms with E-state index in [1.165, 1.54) is 17.7 Å². The van der Waals surface area contributed by atoms with Crippen molar-refractivity contribution in [3.8, 4) is 11.8 Å². The van der Waals surface area contributed by atoms with Crippen molar-refractivity contribution in [1.82, 2.24) is 0 Å². The Balaban J connectivity index is 1.97. The summed E-state index contributed by atoms with van der Waals surface area (Å²) in [6, 6.07) is 14.4. The highest BCUT2D eigenvalue weighted by molar-refractivity contribution is 5.35. The monoisotopic (exact) mass is 283 g/mol. The van der Waals surface area contributed by atoms with Crippen LogP contribution in [0.2, 0.25) is 0 Å². The Morgan fingerprint density at radius 1 is 1.19 bits per heavy atom. The molecule has 0 aliphatic carbocycles. The summed E-state index contributed by atoms with van der Waals surface area (Å²) in [5, 5.41) is 9.23. The Morgan fingerprint density at radius 2 is 2.00 bits per heavy atom. The summed E-state index contributed by atoms with van der Waals surface area (Å²) in [5.41, 5.74) is 2.96. The molecule has 0 spiro atoms. The lowest BCUT2D eigenvalue weighted by Gasteiger charge is -2.12. The molecule has 0 amide bonds. The van der Waals surface area contributed by atoms with E-state index in [-0.39, 0.29) is 11.7 Å². The smallest absolute Gasteiger partial charge is 0.123 e. The Morgan fingerprint density at radius 3 is 2.67 bits per heavy atom. The number of nitriles is 1. The standard InChI is InChI=1S/C18H18FNO/c1-13-6-7-18(14(2)10-13)21-9-8-16(12-20)15-4-3-5-17(19)11-15/h3-7,10-11,16H,8-9H2,1-2H3. The third-order valence-electron chi connectivity index (χ3n) is 3.40. The second-order valence-corrected chi connectivity index (χ2v) is 5.14. The van der Waals surface area contributed by atoms with Crippen molar-refractivity contribution in [2.45, 2.75) is 26.2 Å². The summed E-state index contributed by atoms with van der Waals surface area (Å²) < 4.78 is 18.9. The van der Waals surface area contributed by atoms with E-state index >= 15 is 0 Å². The summed E-state index contributed by atoms with van der Waals surface area (Å²) in [6.45, 7) is 4.46. The fraction of sp³-hybridized carbons (Fsp3) is 0.278. The third kappa shape index (κ3) is 4.06. The number of halogens is 1. The lowest BCUT2D eigenvalue weighted by Crippen LogP contribution is -2.05. The number of hydrogen-bond donors (Lipinski definition) is 0. The van der Waals surface area contributed by atoms with E-state index in [0.717, 1.165) is 11.3 Å². The molecule has 0 bridgehead atoms. The van der Waals surface area contributed by atoms with Gasteiger partial charge in [0.2, 0.25) is 0 Å². The van der Waals surface area contributed by atoms with Crippen LogP contribution in [0.1, 0.15) is 29.0 Å². The van der Waals surface area contributed by atoms with E-state index in [4.69, 9.17) is 4.74 Å². The average Bonchev–Trinajstić information content (AvgIpc) is 2.45. The van der Waals surface area contributed by atoms with Crippen LogP contribution in [0.15, 0.2) is 42.5 Å². The van der Waals surface area contributed by atoms with E-state index in [1.807, 2.05) is 26.0 Å². The van der Waals surface area contributed by atoms with E-state index in [1.54, 1.807) is 12.1 Å². The second kappa shape index (κ2) is 6.90. The van der Waals surface area contributed by atoms with E-state index in [0.29, 0.717) is 18.6 Å². The minimum atomic E-state index is -0.355. The Kier molecular flexibility index (Phi) is 4.94. The molecule has 3 heteroatoms. The van der Waals surface area contributed by atoms with Crippen LogP contribution in [0.5, 0.6) is 5.75 Å². The molecule has 2 nitrogen and oxygen atoms in total. The molecule has 0 fully saturated rings. The zero-order valence-electron chi connectivity index (χ0n) is 12.3. The number of nitrogens with zero attached hydrogens (tertiary/aromatic N) is 1. The lowest BCUT2D eigenvalue weighted by atomic mass is 9.97. The Hall–Kier alpha value is -2.34. The van der Waals surface area contributed by atoms with Gasteiger partial charge < -0.3 is 4.74 Å². The third-order valence-corrected chi connectivity index (χ3v) is 3.40. The van der Waals surface area contributed by atoms with Gasteiger partial charge in [-0.15, -0.1) is 0 Å². The topological polar surface area (TPSA) is 33.0 Å². The van der Waals surface area contributed by atoms with Gasteiger partial charge in [0, 0.05) is 6.42 Å². The van der Waals surface area contributed by atoms with Gasteiger partial charge in [-0.25, -0.2) is 4.39 Å². The van der Waals surface area contributed by atoms with Crippen molar-refractivity contribution < 1.29 is 9.13 Å². The first kappa shape index (κ1) is 15.1. The van der Waals surface area contributed by atoms with Crippen LogP contribution < -0.4 is 4.74 Å². The molecule has 0 saturated carbocycles. The maximum Gasteiger partial charge on any atom is 0.123 e. The van der Waals surface area contributed by atoms with Crippen molar-refractivity contribution in [3.63, 3.8) is 0 Å². The van der Waals surface area contributed by atoms with Gasteiger partial charge in [-0.1, -0.05) is 29.8 Å². The van der Waals surface area contributed by atoms with Crippen LogP contribution >= 0.6 is 0 Å². The number of aryl methyl sites for hydroxylation is 2. The van der Waals surface area contributed by atoms with Crippen LogP contribution in [-0.4, -0.2) is 6.61 Å². The SMILES string of the molecule is Cc1ccc(OCCC(C#N)c2cccc(F)c2)c(C)c1. The normalized spacial score (nSPS) is 11.7. The number of ether oxygens (including phenoxy) is 1. The van der Waals surface area contributed by atoms with Gasteiger partial charge in [-0.05, 0) is 43.2 Å². The van der Waals surface area contributed by atoms with Gasteiger partial charge in [0.15, 0.2) is 0 Å². The molecular weight excluding hydrogens is 265 g/mol. The molecule has 2 aromatic carbocycles. The molecule has 108 valence electrons. The number of benzene rings is 2. The maximum atomic E-state index is 13.2. The van der Waals surface area contributed by atoms with Crippen molar-refractivity contribution in [1.29, 1.82) is 5.26 Å². The quantitative estimate of drug-likeness (QED) is 0.808. The fourth-order valence-corrected chi connectivity index (χ4v) is 2.28. The van der Waals surface area contributed by atoms with Crippen LogP contribution in [0, 0.1) is 31.0 Å². The van der Waals surface area contributed by atoms with Gasteiger partial charge in [0.25, 0.3) is 0 Å². The molecule has 0 aliphatic rings. The molecule has 0 aliphatic heterocycles. The van der Waals surface area contributed by atoms with E-state index < -0.39 is 0 Å². The first-order chi connectivity index (χ1) is 10.1. The largest absolute Gasteiger partial charge is 0.493 e. The predicted molar refractivity (Wildman–Crippen MR) is 80.8 cm³/mol. The van der Waals surface area contributed by atoms with Gasteiger partial charge in [-0.3, -0.25) is 0 Å². The highest BCUT2D eigenvalue weighted by Crippen LogP contribution is 2.22. The molecule has 0 radical (unpaired) electrons. The molecule has 2 rings (SSSR count). The van der Waals surface area contributed by atoms with Crippen molar-refractivity contribution in [2.75, 3.05) is 6.61 Å². The average molecular weight is 283 g/mol. The molecule has 0 N–H and O–H groups in total. The molecule has 2 aromatic rings. The summed E-state index contributed by atoms with van der Waals surface area (Å²) in [4.78, 5) is 0. The molecule has 0 aromatic heterocycles. The number of rotatable bonds is 5. The van der Waals surface area contributed by atoms with Crippen molar-refractivity contribution in [2.24, 2.45) is 0 Å². The van der Waals surface area contributed by atoms with Gasteiger partial charge >= 0.3 is 0 Å². The molecule has 21 heavy (non-hydrogen) atoms. The highest BCUT2D eigenvalue weighted by atomic mass is 19.1. The number of hydrogen-bond acceptors (Lipinski definition) is 2. The zero-order chi connectivity index (χ0) is 15.2. The first-order valence-corrected chi connectivity index (χ1v) is 6.95. The molecule has 0 saturated heterocycles. The summed E-state index contributed by atoms with van der Waals surface area (Å²) in [5.74, 6) is 0.158. The van der Waals surface area contributed by atoms with E-state index in [2.05, 4.69) is 12.1 Å². The predicted octanol–water partition coefficient (Wildman–Crippen LogP) is 4.52. The van der Waals surface area contributed by atoms with Crippen LogP contribution in [-0.2, 0) is 0 Å². The van der Waals surface area contributed by atoms with Gasteiger partial charge in [-0.2, -0.15) is 5.26 Å². The molecular formula is C18H18FNO. The molecule has 0 heterocycles. The Labute approximate surface area is 124 Å². The molecule has 1 unspecified atom stereocenters. The minimum absolute atomic E-state index is 0.317. The summed E-state index contributed by atoms with van der Waals surface area (Å²) in [6.07, 6.45) is 0.535. The first-order valence-electron chi connectivity index (χ1n) is 6.95. The maximum absolute atomic E-state index is 13.2. The van der Waals surface area contributed by atoms with Crippen molar-refractivity contribution >= 4 is 0 Å². The Bertz CT molecular complexity index is 661. The zero-order valence-corrected chi connectivity index (χ0v) is 12.3. The highest BCUT2D eigenvalue weighted by Gasteiger charge is 2.12. The summed E-state index contributed by atoms with van der Waals surface area (Å²) in [7, 11) is 0. The lowest BCUT2D eigenvalue weighted by molar-refractivity contribution is 0.304. The van der Waals surface area contributed by atoms with Gasteiger partial charge in [0.1, 0.15) is 11.6 Å². The van der Waals surface area contributed by atoms with E-state index in [9.17, 15) is 9.65 Å². The van der Waals surface area contributed by atoms with Crippen molar-refractivity contribution in [3.05, 3.63) is 65.0 Å². The van der Waals surface area contributed by atoms with Crippen LogP contribution in [0.4, 0.5) is 4.39 Å². The fourth-order valence-electron chi connectivity index (χ4n) is 2.28. The van der Waals surface area contributed by atoms with Crippen LogP contribution in [0.25, 0.3) is 0 Å².